The third kappa shape index (κ3) is 6.88. The van der Waals surface area contributed by atoms with E-state index in [0.717, 1.165) is 60.9 Å². The lowest BCUT2D eigenvalue weighted by atomic mass is 10.0. The number of hydrogen-bond donors (Lipinski definition) is 0. The van der Waals surface area contributed by atoms with Gasteiger partial charge in [0.2, 0.25) is 0 Å². The zero-order valence-corrected chi connectivity index (χ0v) is 24.9. The summed E-state index contributed by atoms with van der Waals surface area (Å²) in [6, 6.07) is 36.0. The molecule has 0 aliphatic carbocycles. The maximum absolute atomic E-state index is 4.65. The SMILES string of the molecule is Cc1cccc(C)c1-n1nnnc1C(c1ccc(/C=C/c2ccccc2)cc1)N1CCN(C/C=C/c2ccccc2)CC1. The maximum Gasteiger partial charge on any atom is 0.178 e. The van der Waals surface area contributed by atoms with Crippen molar-refractivity contribution >= 4 is 18.2 Å². The first kappa shape index (κ1) is 28.5. The molecule has 6 rings (SSSR count). The molecule has 1 aromatic heterocycles. The molecule has 0 bridgehead atoms. The molecule has 0 saturated carbocycles. The molecule has 1 atom stereocenters. The minimum Gasteiger partial charge on any atom is -0.297 e. The monoisotopic (exact) mass is 566 g/mol. The molecule has 4 aromatic carbocycles. The van der Waals surface area contributed by atoms with E-state index in [9.17, 15) is 0 Å². The first-order chi connectivity index (χ1) is 21.2. The molecular weight excluding hydrogens is 528 g/mol. The topological polar surface area (TPSA) is 50.1 Å². The fourth-order valence-corrected chi connectivity index (χ4v) is 5.84. The molecule has 1 aliphatic heterocycles. The molecule has 0 radical (unpaired) electrons. The third-order valence-corrected chi connectivity index (χ3v) is 8.16. The Bertz CT molecular complexity index is 1640. The Labute approximate surface area is 254 Å². The molecule has 2 heterocycles. The number of nitrogens with zero attached hydrogens (tertiary/aromatic N) is 6. The van der Waals surface area contributed by atoms with Gasteiger partial charge < -0.3 is 0 Å². The quantitative estimate of drug-likeness (QED) is 0.182. The first-order valence-electron chi connectivity index (χ1n) is 15.0. The van der Waals surface area contributed by atoms with Gasteiger partial charge in [-0.1, -0.05) is 127 Å². The number of hydrogen-bond acceptors (Lipinski definition) is 5. The Morgan fingerprint density at radius 3 is 1.86 bits per heavy atom. The third-order valence-electron chi connectivity index (χ3n) is 8.16. The van der Waals surface area contributed by atoms with Crippen molar-refractivity contribution < 1.29 is 0 Å². The molecule has 0 spiro atoms. The number of tetrazole rings is 1. The molecule has 0 N–H and O–H groups in total. The van der Waals surface area contributed by atoms with E-state index in [1.807, 2.05) is 10.7 Å². The summed E-state index contributed by atoms with van der Waals surface area (Å²) in [6.07, 6.45) is 8.80. The summed E-state index contributed by atoms with van der Waals surface area (Å²) in [5.74, 6) is 0.849. The summed E-state index contributed by atoms with van der Waals surface area (Å²) in [6.45, 7) is 9.02. The van der Waals surface area contributed by atoms with Crippen molar-refractivity contribution in [2.45, 2.75) is 19.9 Å². The van der Waals surface area contributed by atoms with E-state index >= 15 is 0 Å². The highest BCUT2D eigenvalue weighted by Gasteiger charge is 2.31. The number of aromatic nitrogens is 4. The molecule has 1 fully saturated rings. The second kappa shape index (κ2) is 13.6. The average molecular weight is 567 g/mol. The van der Waals surface area contributed by atoms with Crippen LogP contribution in [0.3, 0.4) is 0 Å². The summed E-state index contributed by atoms with van der Waals surface area (Å²) < 4.78 is 1.95. The van der Waals surface area contributed by atoms with Gasteiger partial charge >= 0.3 is 0 Å². The second-order valence-corrected chi connectivity index (χ2v) is 11.2. The fraction of sp³-hybridized carbons (Fsp3) is 0.216. The van der Waals surface area contributed by atoms with Crippen molar-refractivity contribution in [2.75, 3.05) is 32.7 Å². The zero-order valence-electron chi connectivity index (χ0n) is 24.9. The number of piperazine rings is 1. The minimum absolute atomic E-state index is 0.0665. The van der Waals surface area contributed by atoms with Gasteiger partial charge in [-0.2, -0.15) is 4.68 Å². The normalized spacial score (nSPS) is 15.4. The van der Waals surface area contributed by atoms with Crippen molar-refractivity contribution in [3.63, 3.8) is 0 Å². The zero-order chi connectivity index (χ0) is 29.4. The molecule has 1 saturated heterocycles. The van der Waals surface area contributed by atoms with Crippen LogP contribution >= 0.6 is 0 Å². The van der Waals surface area contributed by atoms with Crippen molar-refractivity contribution in [1.82, 2.24) is 30.0 Å². The van der Waals surface area contributed by atoms with Crippen LogP contribution in [0, 0.1) is 13.8 Å². The van der Waals surface area contributed by atoms with Crippen LogP contribution in [-0.4, -0.2) is 62.7 Å². The van der Waals surface area contributed by atoms with Crippen LogP contribution in [-0.2, 0) is 0 Å². The largest absolute Gasteiger partial charge is 0.297 e. The van der Waals surface area contributed by atoms with Crippen molar-refractivity contribution in [3.05, 3.63) is 148 Å². The second-order valence-electron chi connectivity index (χ2n) is 11.2. The van der Waals surface area contributed by atoms with Gasteiger partial charge in [0.25, 0.3) is 0 Å². The first-order valence-corrected chi connectivity index (χ1v) is 15.0. The predicted octanol–water partition coefficient (Wildman–Crippen LogP) is 6.87. The molecule has 6 nitrogen and oxygen atoms in total. The van der Waals surface area contributed by atoms with Crippen molar-refractivity contribution in [2.24, 2.45) is 0 Å². The lowest BCUT2D eigenvalue weighted by Crippen LogP contribution is -2.48. The van der Waals surface area contributed by atoms with E-state index < -0.39 is 0 Å². The van der Waals surface area contributed by atoms with Crippen LogP contribution < -0.4 is 0 Å². The number of rotatable bonds is 9. The van der Waals surface area contributed by atoms with Gasteiger partial charge in [0.1, 0.15) is 0 Å². The molecule has 5 aromatic rings. The van der Waals surface area contributed by atoms with E-state index in [1.165, 1.54) is 16.7 Å². The lowest BCUT2D eigenvalue weighted by Gasteiger charge is -2.38. The molecular formula is C37H38N6. The van der Waals surface area contributed by atoms with E-state index in [2.05, 4.69) is 161 Å². The summed E-state index contributed by atoms with van der Waals surface area (Å²) in [7, 11) is 0. The Kier molecular flexibility index (Phi) is 8.97. The maximum atomic E-state index is 4.65. The van der Waals surface area contributed by atoms with Crippen LogP contribution in [0.1, 0.15) is 45.2 Å². The van der Waals surface area contributed by atoms with Gasteiger partial charge in [-0.05, 0) is 57.7 Å². The van der Waals surface area contributed by atoms with E-state index in [-0.39, 0.29) is 6.04 Å². The number of benzene rings is 4. The van der Waals surface area contributed by atoms with Crippen LogP contribution in [0.15, 0.2) is 109 Å². The van der Waals surface area contributed by atoms with Crippen LogP contribution in [0.25, 0.3) is 23.9 Å². The highest BCUT2D eigenvalue weighted by molar-refractivity contribution is 5.69. The minimum atomic E-state index is -0.0665. The fourth-order valence-electron chi connectivity index (χ4n) is 5.84. The van der Waals surface area contributed by atoms with E-state index in [1.54, 1.807) is 0 Å². The van der Waals surface area contributed by atoms with Crippen molar-refractivity contribution in [1.29, 1.82) is 0 Å². The Morgan fingerprint density at radius 1 is 0.651 bits per heavy atom. The van der Waals surface area contributed by atoms with Gasteiger partial charge in [0, 0.05) is 32.7 Å². The average Bonchev–Trinajstić information content (AvgIpc) is 3.51. The predicted molar refractivity (Wildman–Crippen MR) is 176 cm³/mol. The van der Waals surface area contributed by atoms with Crippen molar-refractivity contribution in [3.8, 4) is 5.69 Å². The van der Waals surface area contributed by atoms with Gasteiger partial charge in [0.05, 0.1) is 11.7 Å². The summed E-state index contributed by atoms with van der Waals surface area (Å²) in [4.78, 5) is 5.04. The highest BCUT2D eigenvalue weighted by atomic mass is 15.6. The van der Waals surface area contributed by atoms with Gasteiger partial charge in [-0.25, -0.2) is 0 Å². The Balaban J connectivity index is 1.25. The number of aryl methyl sites for hydroxylation is 2. The smallest absolute Gasteiger partial charge is 0.178 e. The Morgan fingerprint density at radius 2 is 1.23 bits per heavy atom. The van der Waals surface area contributed by atoms with E-state index in [0.29, 0.717) is 0 Å². The summed E-state index contributed by atoms with van der Waals surface area (Å²) in [5.41, 5.74) is 8.15. The summed E-state index contributed by atoms with van der Waals surface area (Å²) >= 11 is 0. The van der Waals surface area contributed by atoms with Gasteiger partial charge in [-0.3, -0.25) is 9.80 Å². The van der Waals surface area contributed by atoms with Crippen LogP contribution in [0.4, 0.5) is 0 Å². The van der Waals surface area contributed by atoms with Crippen LogP contribution in [0.2, 0.25) is 0 Å². The Hall–Kier alpha value is -4.65. The molecule has 1 aliphatic rings. The highest BCUT2D eigenvalue weighted by Crippen LogP contribution is 2.31. The van der Waals surface area contributed by atoms with E-state index in [4.69, 9.17) is 0 Å². The standard InChI is InChI=1S/C37H38N6/c1-29-11-9-12-30(2)35(29)43-37(38-39-40-43)36(34-22-20-33(21-23-34)19-18-32-15-7-4-8-16-32)42-27-25-41(26-28-42)24-10-17-31-13-5-3-6-14-31/h3-23,36H,24-28H2,1-2H3/b17-10+,19-18+. The molecule has 1 unspecified atom stereocenters. The molecule has 0 amide bonds. The molecule has 6 heteroatoms. The van der Waals surface area contributed by atoms with Gasteiger partial charge in [0.15, 0.2) is 5.82 Å². The number of para-hydroxylation sites is 1. The lowest BCUT2D eigenvalue weighted by molar-refractivity contribution is 0.113. The molecule has 43 heavy (non-hydrogen) atoms. The summed E-state index contributed by atoms with van der Waals surface area (Å²) in [5, 5.41) is 13.4. The molecule has 216 valence electrons. The van der Waals surface area contributed by atoms with Crippen LogP contribution in [0.5, 0.6) is 0 Å². The van der Waals surface area contributed by atoms with Gasteiger partial charge in [-0.15, -0.1) is 5.10 Å².